The Labute approximate surface area is 161 Å². The molecule has 1 aromatic heterocycles. The van der Waals surface area contributed by atoms with Crippen molar-refractivity contribution in [3.05, 3.63) is 59.9 Å². The summed E-state index contributed by atoms with van der Waals surface area (Å²) in [4.78, 5) is 16.4. The van der Waals surface area contributed by atoms with Gasteiger partial charge in [-0.2, -0.15) is 0 Å². The second-order valence-corrected chi connectivity index (χ2v) is 7.16. The molecule has 2 aromatic carbocycles. The molecule has 0 bridgehead atoms. The molecule has 0 spiro atoms. The number of carbonyl (C=O) groups excluding carboxylic acids is 1. The summed E-state index contributed by atoms with van der Waals surface area (Å²) in [5.74, 6) is 0.496. The monoisotopic (exact) mass is 384 g/mol. The minimum absolute atomic E-state index is 0.145. The van der Waals surface area contributed by atoms with Gasteiger partial charge >= 0.3 is 0 Å². The van der Waals surface area contributed by atoms with Crippen LogP contribution in [0.25, 0.3) is 11.4 Å². The van der Waals surface area contributed by atoms with Crippen LogP contribution in [-0.2, 0) is 4.79 Å². The molecule has 0 aliphatic heterocycles. The van der Waals surface area contributed by atoms with Crippen LogP contribution in [-0.4, -0.2) is 26.8 Å². The molecule has 1 heterocycles. The van der Waals surface area contributed by atoms with Crippen LogP contribution in [0.2, 0.25) is 0 Å². The zero-order chi connectivity index (χ0) is 19.2. The van der Waals surface area contributed by atoms with Crippen LogP contribution in [0.5, 0.6) is 0 Å². The normalized spacial score (nSPS) is 12.0. The summed E-state index contributed by atoms with van der Waals surface area (Å²) in [6.45, 7) is 4.33. The van der Waals surface area contributed by atoms with Gasteiger partial charge in [0, 0.05) is 5.69 Å². The number of H-pyrrole nitrogens is 1. The molecule has 140 valence electrons. The quantitative estimate of drug-likeness (QED) is 0.571. The Bertz CT molecular complexity index is 910. The van der Waals surface area contributed by atoms with E-state index in [2.05, 4.69) is 34.3 Å². The van der Waals surface area contributed by atoms with E-state index in [0.29, 0.717) is 22.5 Å². The third-order valence-electron chi connectivity index (χ3n) is 4.30. The molecule has 0 unspecified atom stereocenters. The van der Waals surface area contributed by atoms with Gasteiger partial charge in [0.25, 0.3) is 0 Å². The van der Waals surface area contributed by atoms with Crippen LogP contribution in [0, 0.1) is 5.82 Å². The molecule has 0 fully saturated rings. The number of anilines is 1. The second-order valence-electron chi connectivity index (χ2n) is 6.21. The molecule has 0 aliphatic carbocycles. The molecule has 7 heteroatoms. The molecule has 5 nitrogen and oxygen atoms in total. The molecule has 0 saturated carbocycles. The van der Waals surface area contributed by atoms with Crippen molar-refractivity contribution in [2.45, 2.75) is 31.3 Å². The number of carbonyl (C=O) groups is 1. The van der Waals surface area contributed by atoms with Crippen LogP contribution in [0.1, 0.15) is 31.7 Å². The van der Waals surface area contributed by atoms with Gasteiger partial charge in [-0.1, -0.05) is 49.9 Å². The standard InChI is InChI=1S/C20H21FN4OS/c1-3-13(2)14-8-10-15(11-9-14)22-18(26)12-27-20-23-19(24-25-20)16-6-4-5-7-17(16)21/h4-11,13H,3,12H2,1-2H3,(H,22,26)(H,23,24,25)/t13-/m0/s1. The van der Waals surface area contributed by atoms with Gasteiger partial charge in [0.05, 0.1) is 11.3 Å². The first-order chi connectivity index (χ1) is 13.1. The molecule has 3 aromatic rings. The second kappa shape index (κ2) is 8.81. The number of amides is 1. The summed E-state index contributed by atoms with van der Waals surface area (Å²) in [6.07, 6.45) is 1.08. The van der Waals surface area contributed by atoms with Gasteiger partial charge in [-0.05, 0) is 42.2 Å². The minimum atomic E-state index is -0.371. The highest BCUT2D eigenvalue weighted by molar-refractivity contribution is 7.99. The SMILES string of the molecule is CC[C@H](C)c1ccc(NC(=O)CSc2n[nH]c(-c3ccccc3F)n2)cc1. The van der Waals surface area contributed by atoms with E-state index in [4.69, 9.17) is 0 Å². The fraction of sp³-hybridized carbons (Fsp3) is 0.250. The Morgan fingerprint density at radius 1 is 1.22 bits per heavy atom. The van der Waals surface area contributed by atoms with E-state index in [1.54, 1.807) is 18.2 Å². The van der Waals surface area contributed by atoms with Gasteiger partial charge in [0.15, 0.2) is 5.82 Å². The number of rotatable bonds is 7. The third kappa shape index (κ3) is 4.95. The molecule has 0 aliphatic rings. The first-order valence-corrected chi connectivity index (χ1v) is 9.75. The van der Waals surface area contributed by atoms with Crippen molar-refractivity contribution in [3.8, 4) is 11.4 Å². The van der Waals surface area contributed by atoms with E-state index in [0.717, 1.165) is 12.1 Å². The van der Waals surface area contributed by atoms with Crippen LogP contribution < -0.4 is 5.32 Å². The van der Waals surface area contributed by atoms with Gasteiger partial charge < -0.3 is 5.32 Å². The van der Waals surface area contributed by atoms with E-state index in [-0.39, 0.29) is 17.5 Å². The highest BCUT2D eigenvalue weighted by Crippen LogP contribution is 2.23. The Morgan fingerprint density at radius 3 is 2.67 bits per heavy atom. The highest BCUT2D eigenvalue weighted by atomic mass is 32.2. The van der Waals surface area contributed by atoms with E-state index in [1.807, 2.05) is 24.3 Å². The summed E-state index contributed by atoms with van der Waals surface area (Å²) in [5, 5.41) is 10.00. The average Bonchev–Trinajstić information content (AvgIpc) is 3.15. The maximum absolute atomic E-state index is 13.8. The number of halogens is 1. The zero-order valence-corrected chi connectivity index (χ0v) is 16.0. The summed E-state index contributed by atoms with van der Waals surface area (Å²) in [7, 11) is 0. The molecular formula is C20H21FN4OS. The van der Waals surface area contributed by atoms with Gasteiger partial charge in [-0.15, -0.1) is 5.10 Å². The maximum atomic E-state index is 13.8. The average molecular weight is 384 g/mol. The fourth-order valence-electron chi connectivity index (χ4n) is 2.54. The van der Waals surface area contributed by atoms with Crippen molar-refractivity contribution in [1.29, 1.82) is 0 Å². The molecule has 0 saturated heterocycles. The smallest absolute Gasteiger partial charge is 0.234 e. The number of benzene rings is 2. The lowest BCUT2D eigenvalue weighted by Gasteiger charge is -2.10. The van der Waals surface area contributed by atoms with Crippen molar-refractivity contribution >= 4 is 23.4 Å². The van der Waals surface area contributed by atoms with E-state index in [1.165, 1.54) is 23.4 Å². The van der Waals surface area contributed by atoms with Gasteiger partial charge in [-0.25, -0.2) is 9.37 Å². The third-order valence-corrected chi connectivity index (χ3v) is 5.15. The lowest BCUT2D eigenvalue weighted by Crippen LogP contribution is -2.14. The molecule has 0 radical (unpaired) electrons. The predicted molar refractivity (Wildman–Crippen MR) is 106 cm³/mol. The topological polar surface area (TPSA) is 70.7 Å². The van der Waals surface area contributed by atoms with E-state index in [9.17, 15) is 9.18 Å². The Hall–Kier alpha value is -2.67. The fourth-order valence-corrected chi connectivity index (χ4v) is 3.14. The van der Waals surface area contributed by atoms with Crippen molar-refractivity contribution in [2.24, 2.45) is 0 Å². The molecule has 1 amide bonds. The van der Waals surface area contributed by atoms with Gasteiger partial charge in [0.2, 0.25) is 11.1 Å². The molecule has 3 rings (SSSR count). The Morgan fingerprint density at radius 2 is 1.96 bits per heavy atom. The van der Waals surface area contributed by atoms with Crippen LogP contribution >= 0.6 is 11.8 Å². The molecule has 1 atom stereocenters. The summed E-state index contributed by atoms with van der Waals surface area (Å²) in [6, 6.07) is 14.2. The molecule has 2 N–H and O–H groups in total. The lowest BCUT2D eigenvalue weighted by molar-refractivity contribution is -0.113. The van der Waals surface area contributed by atoms with E-state index >= 15 is 0 Å². The molecule has 27 heavy (non-hydrogen) atoms. The van der Waals surface area contributed by atoms with Crippen LogP contribution in [0.15, 0.2) is 53.7 Å². The number of nitrogens with zero attached hydrogens (tertiary/aromatic N) is 2. The summed E-state index contributed by atoms with van der Waals surface area (Å²) >= 11 is 1.19. The van der Waals surface area contributed by atoms with Crippen molar-refractivity contribution in [1.82, 2.24) is 15.2 Å². The first kappa shape index (κ1) is 19.1. The van der Waals surface area contributed by atoms with Crippen molar-refractivity contribution in [3.63, 3.8) is 0 Å². The number of aromatic amines is 1. The predicted octanol–water partition coefficient (Wildman–Crippen LogP) is 4.86. The van der Waals surface area contributed by atoms with Crippen molar-refractivity contribution < 1.29 is 9.18 Å². The van der Waals surface area contributed by atoms with Crippen LogP contribution in [0.3, 0.4) is 0 Å². The number of hydrogen-bond donors (Lipinski definition) is 2. The summed E-state index contributed by atoms with van der Waals surface area (Å²) in [5.41, 5.74) is 2.36. The van der Waals surface area contributed by atoms with Gasteiger partial charge in [0.1, 0.15) is 5.82 Å². The lowest BCUT2D eigenvalue weighted by atomic mass is 9.99. The maximum Gasteiger partial charge on any atom is 0.234 e. The largest absolute Gasteiger partial charge is 0.325 e. The Kier molecular flexibility index (Phi) is 6.24. The highest BCUT2D eigenvalue weighted by Gasteiger charge is 2.12. The Balaban J connectivity index is 1.55. The number of hydrogen-bond acceptors (Lipinski definition) is 4. The number of thioether (sulfide) groups is 1. The molecular weight excluding hydrogens is 363 g/mol. The number of aromatic nitrogens is 3. The van der Waals surface area contributed by atoms with Gasteiger partial charge in [-0.3, -0.25) is 9.89 Å². The first-order valence-electron chi connectivity index (χ1n) is 8.76. The van der Waals surface area contributed by atoms with E-state index < -0.39 is 0 Å². The number of nitrogens with one attached hydrogen (secondary N) is 2. The summed E-state index contributed by atoms with van der Waals surface area (Å²) < 4.78 is 13.8. The zero-order valence-electron chi connectivity index (χ0n) is 15.2. The van der Waals surface area contributed by atoms with Crippen molar-refractivity contribution in [2.75, 3.05) is 11.1 Å². The minimum Gasteiger partial charge on any atom is -0.325 e. The van der Waals surface area contributed by atoms with Crippen LogP contribution in [0.4, 0.5) is 10.1 Å².